The quantitative estimate of drug-likeness (QED) is 0.269. The molecule has 0 unspecified atom stereocenters. The second-order valence-electron chi connectivity index (χ2n) is 11.7. The second kappa shape index (κ2) is 19.3. The molecule has 1 amide bonds. The van der Waals surface area contributed by atoms with Gasteiger partial charge in [-0.15, -0.1) is 12.4 Å². The summed E-state index contributed by atoms with van der Waals surface area (Å²) >= 11 is 0. The largest absolute Gasteiger partial charge is 0.477 e. The highest BCUT2D eigenvalue weighted by Gasteiger charge is 2.34. The molecule has 4 aliphatic heterocycles. The van der Waals surface area contributed by atoms with Crippen LogP contribution in [0.1, 0.15) is 44.9 Å². The molecule has 4 aromatic heterocycles. The Balaban J connectivity index is 0.000000167. The number of likely N-dealkylation sites (tertiary alicyclic amines) is 1. The molecule has 2 saturated heterocycles. The SMILES string of the molecule is C1=C(c2cccnc2OC2CNC2)CCOC1.Cl.O=C(O)c1ccncn1.O=C(c1ccncn1)N1CC(Oc2ncccc2C2=CCOCC2)C1. The number of pyridine rings is 2. The highest BCUT2D eigenvalue weighted by Crippen LogP contribution is 2.30. The minimum atomic E-state index is -1.03. The van der Waals surface area contributed by atoms with Gasteiger partial charge in [0.25, 0.3) is 5.91 Å². The first-order valence-corrected chi connectivity index (χ1v) is 16.6. The molecule has 4 aliphatic rings. The van der Waals surface area contributed by atoms with Gasteiger partial charge in [0, 0.05) is 49.0 Å². The summed E-state index contributed by atoms with van der Waals surface area (Å²) in [6, 6.07) is 10.9. The fourth-order valence-corrected chi connectivity index (χ4v) is 5.34. The number of aromatic nitrogens is 6. The topological polar surface area (TPSA) is 184 Å². The number of hydrogen-bond acceptors (Lipinski definition) is 13. The molecule has 0 saturated carbocycles. The fourth-order valence-electron chi connectivity index (χ4n) is 5.34. The number of nitrogens with one attached hydrogen (secondary N) is 1. The monoisotopic (exact) mass is 730 g/mol. The number of nitrogens with zero attached hydrogens (tertiary/aromatic N) is 7. The standard InChI is InChI=1S/C18H18N4O3.C13H16N2O2.C5H4N2O2.ClH/c23-18(16-3-7-19-12-21-16)22-10-14(11-22)25-17-15(2-1-6-20-17)13-4-8-24-9-5-13;1-2-12(10-3-6-16-7-4-10)13(15-5-1)17-11-8-14-9-11;8-5(9)4-1-2-6-3-7-4;/h1-4,6-7,12,14H,5,8-11H2;1-3,5,11,14H,4,6-9H2;1-3H,(H,8,9);1H. The molecule has 272 valence electrons. The second-order valence-corrected chi connectivity index (χ2v) is 11.7. The zero-order chi connectivity index (χ0) is 35.3. The van der Waals surface area contributed by atoms with E-state index in [4.69, 9.17) is 24.1 Å². The number of halogens is 1. The van der Waals surface area contributed by atoms with Crippen molar-refractivity contribution in [2.75, 3.05) is 52.6 Å². The molecule has 15 nitrogen and oxygen atoms in total. The minimum Gasteiger partial charge on any atom is -0.477 e. The summed E-state index contributed by atoms with van der Waals surface area (Å²) < 4.78 is 22.6. The molecule has 0 atom stereocenters. The van der Waals surface area contributed by atoms with E-state index in [-0.39, 0.29) is 36.2 Å². The van der Waals surface area contributed by atoms with Crippen LogP contribution in [0.2, 0.25) is 0 Å². The number of aromatic carboxylic acids is 1. The highest BCUT2D eigenvalue weighted by molar-refractivity contribution is 5.92. The van der Waals surface area contributed by atoms with E-state index in [0.29, 0.717) is 44.5 Å². The molecule has 0 aliphatic carbocycles. The van der Waals surface area contributed by atoms with E-state index in [9.17, 15) is 9.59 Å². The molecule has 0 bridgehead atoms. The van der Waals surface area contributed by atoms with Crippen LogP contribution in [0.4, 0.5) is 0 Å². The smallest absolute Gasteiger partial charge is 0.354 e. The van der Waals surface area contributed by atoms with E-state index < -0.39 is 5.97 Å². The molecule has 2 fully saturated rings. The minimum absolute atomic E-state index is 0. The van der Waals surface area contributed by atoms with Crippen molar-refractivity contribution in [3.05, 3.63) is 109 Å². The van der Waals surface area contributed by atoms with Crippen molar-refractivity contribution >= 4 is 35.4 Å². The summed E-state index contributed by atoms with van der Waals surface area (Å²) in [6.07, 6.45) is 15.2. The lowest BCUT2D eigenvalue weighted by Crippen LogP contribution is -2.56. The summed E-state index contributed by atoms with van der Waals surface area (Å²) in [7, 11) is 0. The maximum atomic E-state index is 12.3. The van der Waals surface area contributed by atoms with Crippen LogP contribution in [-0.2, 0) is 9.47 Å². The van der Waals surface area contributed by atoms with Crippen LogP contribution in [0.3, 0.4) is 0 Å². The Morgan fingerprint density at radius 1 is 0.731 bits per heavy atom. The van der Waals surface area contributed by atoms with Crippen molar-refractivity contribution in [3.63, 3.8) is 0 Å². The van der Waals surface area contributed by atoms with Crippen molar-refractivity contribution in [1.29, 1.82) is 0 Å². The summed E-state index contributed by atoms with van der Waals surface area (Å²) in [4.78, 5) is 47.7. The zero-order valence-corrected chi connectivity index (χ0v) is 29.1. The molecule has 2 N–H and O–H groups in total. The number of carboxylic acid groups (broad SMARTS) is 1. The Morgan fingerprint density at radius 3 is 1.69 bits per heavy atom. The predicted molar refractivity (Wildman–Crippen MR) is 191 cm³/mol. The van der Waals surface area contributed by atoms with Gasteiger partial charge in [-0.3, -0.25) is 4.79 Å². The van der Waals surface area contributed by atoms with E-state index in [1.54, 1.807) is 29.6 Å². The van der Waals surface area contributed by atoms with Crippen LogP contribution in [0.25, 0.3) is 11.1 Å². The van der Waals surface area contributed by atoms with E-state index in [0.717, 1.165) is 49.5 Å². The molecular formula is C36H39ClN8O7. The highest BCUT2D eigenvalue weighted by atomic mass is 35.5. The summed E-state index contributed by atoms with van der Waals surface area (Å²) in [5, 5.41) is 11.5. The lowest BCUT2D eigenvalue weighted by Gasteiger charge is -2.38. The number of hydrogen-bond donors (Lipinski definition) is 2. The van der Waals surface area contributed by atoms with Crippen molar-refractivity contribution in [2.24, 2.45) is 0 Å². The molecule has 8 heterocycles. The Hall–Kier alpha value is -5.35. The predicted octanol–water partition coefficient (Wildman–Crippen LogP) is 3.41. The van der Waals surface area contributed by atoms with Gasteiger partial charge in [0.15, 0.2) is 5.69 Å². The molecule has 0 radical (unpaired) electrons. The average molecular weight is 731 g/mol. The third-order valence-corrected chi connectivity index (χ3v) is 8.20. The molecular weight excluding hydrogens is 692 g/mol. The van der Waals surface area contributed by atoms with Crippen LogP contribution in [0.15, 0.2) is 86.0 Å². The first-order chi connectivity index (χ1) is 25.0. The lowest BCUT2D eigenvalue weighted by molar-refractivity contribution is 0.0154. The Morgan fingerprint density at radius 2 is 1.27 bits per heavy atom. The Kier molecular flexibility index (Phi) is 14.1. The van der Waals surface area contributed by atoms with Crippen molar-refractivity contribution in [2.45, 2.75) is 25.0 Å². The van der Waals surface area contributed by atoms with Gasteiger partial charge in [0.1, 0.15) is 30.6 Å². The van der Waals surface area contributed by atoms with Gasteiger partial charge in [-0.25, -0.2) is 34.7 Å². The number of carbonyl (C=O) groups is 2. The summed E-state index contributed by atoms with van der Waals surface area (Å²) in [5.41, 5.74) is 5.02. The van der Waals surface area contributed by atoms with E-state index in [2.05, 4.69) is 53.4 Å². The maximum Gasteiger partial charge on any atom is 0.354 e. The average Bonchev–Trinajstić information content (AvgIpc) is 3.16. The van der Waals surface area contributed by atoms with Crippen LogP contribution < -0.4 is 14.8 Å². The lowest BCUT2D eigenvalue weighted by atomic mass is 10.0. The van der Waals surface area contributed by atoms with E-state index in [1.807, 2.05) is 18.2 Å². The number of amides is 1. The maximum absolute atomic E-state index is 12.3. The first kappa shape index (κ1) is 37.9. The molecule has 8 rings (SSSR count). The number of rotatable bonds is 8. The van der Waals surface area contributed by atoms with Gasteiger partial charge < -0.3 is 34.3 Å². The number of carboxylic acids is 1. The Labute approximate surface area is 306 Å². The van der Waals surface area contributed by atoms with Crippen LogP contribution in [0.5, 0.6) is 11.8 Å². The van der Waals surface area contributed by atoms with Crippen molar-refractivity contribution in [1.82, 2.24) is 40.1 Å². The fraction of sp³-hybridized carbons (Fsp3) is 0.333. The summed E-state index contributed by atoms with van der Waals surface area (Å²) in [5.74, 6) is 0.245. The molecule has 4 aromatic rings. The van der Waals surface area contributed by atoms with Crippen molar-refractivity contribution < 1.29 is 33.6 Å². The third kappa shape index (κ3) is 10.4. The van der Waals surface area contributed by atoms with Crippen LogP contribution in [0, 0.1) is 0 Å². The van der Waals surface area contributed by atoms with Gasteiger partial charge in [0.05, 0.1) is 39.5 Å². The zero-order valence-electron chi connectivity index (χ0n) is 28.2. The van der Waals surface area contributed by atoms with Gasteiger partial charge in [-0.1, -0.05) is 12.2 Å². The molecule has 16 heteroatoms. The van der Waals surface area contributed by atoms with E-state index in [1.165, 1.54) is 36.1 Å². The van der Waals surface area contributed by atoms with Gasteiger partial charge in [-0.2, -0.15) is 0 Å². The van der Waals surface area contributed by atoms with Crippen LogP contribution in [-0.4, -0.2) is 117 Å². The van der Waals surface area contributed by atoms with Crippen molar-refractivity contribution in [3.8, 4) is 11.8 Å². The third-order valence-electron chi connectivity index (χ3n) is 8.20. The summed E-state index contributed by atoms with van der Waals surface area (Å²) in [6.45, 7) is 5.69. The van der Waals surface area contributed by atoms with Gasteiger partial charge in [-0.05, 0) is 60.4 Å². The van der Waals surface area contributed by atoms with E-state index >= 15 is 0 Å². The molecule has 52 heavy (non-hydrogen) atoms. The first-order valence-electron chi connectivity index (χ1n) is 16.6. The van der Waals surface area contributed by atoms with Gasteiger partial charge in [0.2, 0.25) is 11.8 Å². The Bertz CT molecular complexity index is 1820. The van der Waals surface area contributed by atoms with Gasteiger partial charge >= 0.3 is 5.97 Å². The number of carbonyl (C=O) groups excluding carboxylic acids is 1. The van der Waals surface area contributed by atoms with Crippen LogP contribution >= 0.6 is 12.4 Å². The number of ether oxygens (including phenoxy) is 4. The molecule has 0 spiro atoms. The normalized spacial score (nSPS) is 16.7. The molecule has 0 aromatic carbocycles.